The molecule has 0 aliphatic rings. The molecule has 0 aromatic carbocycles. The van der Waals surface area contributed by atoms with Gasteiger partial charge < -0.3 is 9.84 Å². The van der Waals surface area contributed by atoms with Crippen molar-refractivity contribution in [2.24, 2.45) is 0 Å². The van der Waals surface area contributed by atoms with Gasteiger partial charge in [0, 0.05) is 11.6 Å². The highest BCUT2D eigenvalue weighted by molar-refractivity contribution is 5.87. The summed E-state index contributed by atoms with van der Waals surface area (Å²) >= 11 is 0. The lowest BCUT2D eigenvalue weighted by atomic mass is 10.4. The minimum absolute atomic E-state index is 0.0437. The fourth-order valence-corrected chi connectivity index (χ4v) is 0.396. The molecule has 1 N–H and O–H groups in total. The van der Waals surface area contributed by atoms with E-state index in [2.05, 4.69) is 11.3 Å². The van der Waals surface area contributed by atoms with E-state index >= 15 is 0 Å². The largest absolute Gasteiger partial charge is 0.478 e. The van der Waals surface area contributed by atoms with E-state index in [1.165, 1.54) is 13.0 Å². The number of hydrogen-bond donors (Lipinski definition) is 1. The molecule has 0 rings (SSSR count). The second kappa shape index (κ2) is 5.12. The minimum atomic E-state index is -1.07. The van der Waals surface area contributed by atoms with Crippen LogP contribution in [0, 0.1) is 0 Å². The maximum absolute atomic E-state index is 10.7. The van der Waals surface area contributed by atoms with Crippen molar-refractivity contribution in [3.63, 3.8) is 0 Å². The van der Waals surface area contributed by atoms with E-state index in [0.29, 0.717) is 5.57 Å². The van der Waals surface area contributed by atoms with Crippen LogP contribution in [0.4, 0.5) is 0 Å². The van der Waals surface area contributed by atoms with Gasteiger partial charge in [-0.1, -0.05) is 6.58 Å². The Morgan fingerprint density at radius 2 is 2.17 bits per heavy atom. The van der Waals surface area contributed by atoms with Crippen LogP contribution in [0.3, 0.4) is 0 Å². The number of esters is 1. The van der Waals surface area contributed by atoms with Crippen LogP contribution < -0.4 is 0 Å². The molecule has 0 aliphatic carbocycles. The summed E-state index contributed by atoms with van der Waals surface area (Å²) in [7, 11) is 0. The second-order valence-electron chi connectivity index (χ2n) is 2.12. The van der Waals surface area contributed by atoms with Gasteiger partial charge >= 0.3 is 11.9 Å². The SMILES string of the molecule is C=C(C)C(=O)OCC=CC(=O)O. The van der Waals surface area contributed by atoms with Gasteiger partial charge in [0.25, 0.3) is 0 Å². The summed E-state index contributed by atoms with van der Waals surface area (Å²) in [4.78, 5) is 20.6. The molecule has 4 nitrogen and oxygen atoms in total. The highest BCUT2D eigenvalue weighted by atomic mass is 16.5. The van der Waals surface area contributed by atoms with Crippen LogP contribution >= 0.6 is 0 Å². The first kappa shape index (κ1) is 10.4. The van der Waals surface area contributed by atoms with Gasteiger partial charge in [-0.3, -0.25) is 0 Å². The zero-order valence-electron chi connectivity index (χ0n) is 6.74. The summed E-state index contributed by atoms with van der Waals surface area (Å²) < 4.78 is 4.57. The third kappa shape index (κ3) is 5.22. The number of carboxylic acids is 1. The standard InChI is InChI=1S/C8H10O4/c1-6(2)8(11)12-5-3-4-7(9)10/h3-4H,1,5H2,2H3,(H,9,10). The van der Waals surface area contributed by atoms with Crippen LogP contribution in [0.2, 0.25) is 0 Å². The third-order valence-corrected chi connectivity index (χ3v) is 0.920. The fourth-order valence-electron chi connectivity index (χ4n) is 0.396. The molecule has 0 bridgehead atoms. The number of hydrogen-bond acceptors (Lipinski definition) is 3. The normalized spacial score (nSPS) is 9.75. The van der Waals surface area contributed by atoms with Gasteiger partial charge in [0.15, 0.2) is 0 Å². The van der Waals surface area contributed by atoms with Crippen molar-refractivity contribution in [2.75, 3.05) is 6.61 Å². The van der Waals surface area contributed by atoms with E-state index < -0.39 is 11.9 Å². The summed E-state index contributed by atoms with van der Waals surface area (Å²) in [5, 5.41) is 8.14. The number of aliphatic carboxylic acids is 1. The Morgan fingerprint density at radius 1 is 1.58 bits per heavy atom. The Balaban J connectivity index is 3.64. The zero-order valence-corrected chi connectivity index (χ0v) is 6.74. The molecule has 0 aromatic rings. The van der Waals surface area contributed by atoms with E-state index in [-0.39, 0.29) is 6.61 Å². The number of carboxylic acid groups (broad SMARTS) is 1. The molecule has 0 fully saturated rings. The van der Waals surface area contributed by atoms with Crippen LogP contribution in [0.15, 0.2) is 24.3 Å². The molecule has 0 aliphatic heterocycles. The maximum Gasteiger partial charge on any atom is 0.333 e. The Kier molecular flexibility index (Phi) is 4.45. The highest BCUT2D eigenvalue weighted by Gasteiger charge is 1.99. The van der Waals surface area contributed by atoms with Crippen molar-refractivity contribution in [1.82, 2.24) is 0 Å². The second-order valence-corrected chi connectivity index (χ2v) is 2.12. The van der Waals surface area contributed by atoms with Crippen molar-refractivity contribution in [3.05, 3.63) is 24.3 Å². The van der Waals surface area contributed by atoms with E-state index in [1.807, 2.05) is 0 Å². The molecule has 0 amide bonds. The molecule has 0 spiro atoms. The van der Waals surface area contributed by atoms with Crippen LogP contribution in [0.25, 0.3) is 0 Å². The maximum atomic E-state index is 10.7. The first-order valence-electron chi connectivity index (χ1n) is 3.26. The monoisotopic (exact) mass is 170 g/mol. The van der Waals surface area contributed by atoms with E-state index in [1.54, 1.807) is 0 Å². The summed E-state index contributed by atoms with van der Waals surface area (Å²) in [5.41, 5.74) is 0.290. The van der Waals surface area contributed by atoms with Crippen molar-refractivity contribution >= 4 is 11.9 Å². The minimum Gasteiger partial charge on any atom is -0.478 e. The van der Waals surface area contributed by atoms with E-state index in [9.17, 15) is 9.59 Å². The average Bonchev–Trinajstić information content (AvgIpc) is 1.97. The van der Waals surface area contributed by atoms with Gasteiger partial charge in [0.2, 0.25) is 0 Å². The molecule has 0 saturated heterocycles. The molecule has 0 saturated carbocycles. The number of rotatable bonds is 4. The van der Waals surface area contributed by atoms with Gasteiger partial charge in [-0.15, -0.1) is 0 Å². The first-order chi connectivity index (χ1) is 5.54. The predicted octanol–water partition coefficient (Wildman–Crippen LogP) is 0.746. The Labute approximate surface area is 70.1 Å². The van der Waals surface area contributed by atoms with Crippen molar-refractivity contribution in [1.29, 1.82) is 0 Å². The fraction of sp³-hybridized carbons (Fsp3) is 0.250. The number of carbonyl (C=O) groups is 2. The predicted molar refractivity (Wildman–Crippen MR) is 42.5 cm³/mol. The van der Waals surface area contributed by atoms with Crippen molar-refractivity contribution in [2.45, 2.75) is 6.92 Å². The Hall–Kier alpha value is -1.58. The van der Waals surface area contributed by atoms with Crippen LogP contribution in [0.1, 0.15) is 6.92 Å². The molecule has 0 atom stereocenters. The van der Waals surface area contributed by atoms with E-state index in [0.717, 1.165) is 6.08 Å². The van der Waals surface area contributed by atoms with Gasteiger partial charge in [-0.25, -0.2) is 9.59 Å². The van der Waals surface area contributed by atoms with Crippen LogP contribution in [0.5, 0.6) is 0 Å². The lowest BCUT2D eigenvalue weighted by Gasteiger charge is -1.98. The third-order valence-electron chi connectivity index (χ3n) is 0.920. The molecule has 0 heterocycles. The smallest absolute Gasteiger partial charge is 0.333 e. The Morgan fingerprint density at radius 3 is 2.58 bits per heavy atom. The number of carbonyl (C=O) groups excluding carboxylic acids is 1. The number of ether oxygens (including phenoxy) is 1. The van der Waals surface area contributed by atoms with Crippen LogP contribution in [-0.2, 0) is 14.3 Å². The zero-order chi connectivity index (χ0) is 9.56. The summed E-state index contributed by atoms with van der Waals surface area (Å²) in [5.74, 6) is -1.59. The first-order valence-corrected chi connectivity index (χ1v) is 3.26. The average molecular weight is 170 g/mol. The molecule has 0 unspecified atom stereocenters. The molecule has 66 valence electrons. The Bertz CT molecular complexity index is 227. The lowest BCUT2D eigenvalue weighted by molar-refractivity contribution is -0.138. The van der Waals surface area contributed by atoms with Gasteiger partial charge in [0.05, 0.1) is 0 Å². The topological polar surface area (TPSA) is 63.6 Å². The molecular formula is C8H10O4. The molecule has 12 heavy (non-hydrogen) atoms. The summed E-state index contributed by atoms with van der Waals surface area (Å²) in [6, 6.07) is 0. The lowest BCUT2D eigenvalue weighted by Crippen LogP contribution is -2.04. The molecular weight excluding hydrogens is 160 g/mol. The molecule has 0 radical (unpaired) electrons. The van der Waals surface area contributed by atoms with Gasteiger partial charge in [0.1, 0.15) is 6.61 Å². The van der Waals surface area contributed by atoms with Gasteiger partial charge in [-0.2, -0.15) is 0 Å². The van der Waals surface area contributed by atoms with E-state index in [4.69, 9.17) is 5.11 Å². The molecule has 4 heteroatoms. The van der Waals surface area contributed by atoms with Crippen molar-refractivity contribution in [3.8, 4) is 0 Å². The summed E-state index contributed by atoms with van der Waals surface area (Å²) in [6.07, 6.45) is 2.15. The highest BCUT2D eigenvalue weighted by Crippen LogP contribution is 1.91. The van der Waals surface area contributed by atoms with Crippen LogP contribution in [-0.4, -0.2) is 23.7 Å². The summed E-state index contributed by atoms with van der Waals surface area (Å²) in [6.45, 7) is 4.83. The van der Waals surface area contributed by atoms with Gasteiger partial charge in [-0.05, 0) is 13.0 Å². The van der Waals surface area contributed by atoms with Crippen molar-refractivity contribution < 1.29 is 19.4 Å². The molecule has 0 aromatic heterocycles. The quantitative estimate of drug-likeness (QED) is 0.499.